The lowest BCUT2D eigenvalue weighted by Crippen LogP contribution is -2.75. The Labute approximate surface area is 268 Å². The summed E-state index contributed by atoms with van der Waals surface area (Å²) in [6.45, 7) is 24.5. The summed E-state index contributed by atoms with van der Waals surface area (Å²) in [6.07, 6.45) is 1.49. The van der Waals surface area contributed by atoms with Crippen LogP contribution in [-0.4, -0.2) is 99.8 Å². The Balaban J connectivity index is 2.07. The van der Waals surface area contributed by atoms with Gasteiger partial charge in [0.15, 0.2) is 6.04 Å². The SMILES string of the molecule is CC1(C)CC(C2=C(C(=O)O)N(C3CC(C)(C)NC(C)(C)C3)N(C(=O)O)N(C3CC(C)(C)NC(C)(C)C3)C2C(=O)O)CC(C)(C)N1. The first-order chi connectivity index (χ1) is 20.2. The minimum absolute atomic E-state index is 0.217. The molecule has 0 aromatic heterocycles. The van der Waals surface area contributed by atoms with E-state index in [1.807, 2.05) is 55.4 Å². The summed E-state index contributed by atoms with van der Waals surface area (Å²) >= 11 is 0. The molecule has 6 N–H and O–H groups in total. The van der Waals surface area contributed by atoms with Crippen LogP contribution in [0.3, 0.4) is 0 Å². The smallest absolute Gasteiger partial charge is 0.441 e. The Bertz CT molecular complexity index is 1210. The van der Waals surface area contributed by atoms with E-state index >= 15 is 0 Å². The van der Waals surface area contributed by atoms with E-state index in [9.17, 15) is 29.7 Å². The molecule has 0 aromatic carbocycles. The predicted octanol–water partition coefficient (Wildman–Crippen LogP) is 4.38. The summed E-state index contributed by atoms with van der Waals surface area (Å²) in [4.78, 5) is 40.7. The van der Waals surface area contributed by atoms with Gasteiger partial charge in [0.25, 0.3) is 0 Å². The fourth-order valence-corrected chi connectivity index (χ4v) is 9.94. The van der Waals surface area contributed by atoms with Gasteiger partial charge < -0.3 is 31.3 Å². The summed E-state index contributed by atoms with van der Waals surface area (Å²) in [5.74, 6) is -2.98. The van der Waals surface area contributed by atoms with Gasteiger partial charge in [-0.15, -0.1) is 5.12 Å². The Kier molecular flexibility index (Phi) is 8.74. The number of amides is 1. The Hall–Kier alpha value is -2.41. The van der Waals surface area contributed by atoms with Crippen LogP contribution >= 0.6 is 0 Å². The fraction of sp³-hybridized carbons (Fsp3) is 0.848. The van der Waals surface area contributed by atoms with Crippen LogP contribution in [0.1, 0.15) is 122 Å². The molecule has 4 aliphatic heterocycles. The van der Waals surface area contributed by atoms with Crippen molar-refractivity contribution < 1.29 is 29.7 Å². The molecule has 12 nitrogen and oxygen atoms in total. The molecule has 45 heavy (non-hydrogen) atoms. The predicted molar refractivity (Wildman–Crippen MR) is 172 cm³/mol. The Morgan fingerprint density at radius 3 is 1.29 bits per heavy atom. The molecule has 256 valence electrons. The van der Waals surface area contributed by atoms with Crippen molar-refractivity contribution in [1.29, 1.82) is 0 Å². The number of rotatable bonds is 5. The lowest BCUT2D eigenvalue weighted by Gasteiger charge is -2.60. The van der Waals surface area contributed by atoms with Crippen LogP contribution in [-0.2, 0) is 9.59 Å². The zero-order valence-electron chi connectivity index (χ0n) is 29.5. The van der Waals surface area contributed by atoms with Crippen molar-refractivity contribution in [3.8, 4) is 0 Å². The summed E-state index contributed by atoms with van der Waals surface area (Å²) in [6, 6.07) is -2.52. The highest BCUT2D eigenvalue weighted by Crippen LogP contribution is 2.47. The monoisotopic (exact) mass is 634 g/mol. The molecular weight excluding hydrogens is 576 g/mol. The van der Waals surface area contributed by atoms with E-state index in [-0.39, 0.29) is 5.70 Å². The van der Waals surface area contributed by atoms with Crippen molar-refractivity contribution in [3.05, 3.63) is 11.3 Å². The molecule has 0 bridgehead atoms. The number of aliphatic carboxylic acids is 2. The number of hydrazine groups is 2. The highest BCUT2D eigenvalue weighted by Gasteiger charge is 2.58. The van der Waals surface area contributed by atoms with Gasteiger partial charge in [-0.05, 0) is 133 Å². The Morgan fingerprint density at radius 2 is 0.956 bits per heavy atom. The van der Waals surface area contributed by atoms with E-state index in [4.69, 9.17) is 0 Å². The van der Waals surface area contributed by atoms with Crippen molar-refractivity contribution >= 4 is 18.0 Å². The molecule has 0 aromatic rings. The van der Waals surface area contributed by atoms with E-state index in [0.717, 1.165) is 5.12 Å². The van der Waals surface area contributed by atoms with Crippen LogP contribution in [0, 0.1) is 5.92 Å². The molecule has 0 saturated carbocycles. The minimum Gasteiger partial charge on any atom is -0.480 e. The molecule has 4 aliphatic rings. The van der Waals surface area contributed by atoms with Crippen molar-refractivity contribution in [2.24, 2.45) is 5.92 Å². The van der Waals surface area contributed by atoms with Gasteiger partial charge in [-0.25, -0.2) is 9.59 Å². The van der Waals surface area contributed by atoms with Gasteiger partial charge in [0.05, 0.1) is 6.04 Å². The molecule has 3 fully saturated rings. The standard InChI is InChI=1S/C33H58N6O6/c1-28(2)13-19(14-29(3,4)34-28)22-23(25(40)41)37(20-15-30(5,6)35-31(7,8)16-20)39(27(44)45)38(24(22)26(42)43)21-17-32(9,10)36-33(11,12)18-21/h19-21,23,34-36H,13-18H2,1-12H3,(H,40,41)(H,42,43)(H,44,45). The van der Waals surface area contributed by atoms with Crippen molar-refractivity contribution in [3.63, 3.8) is 0 Å². The van der Waals surface area contributed by atoms with Gasteiger partial charge in [0, 0.05) is 39.3 Å². The second-order valence-electron chi connectivity index (χ2n) is 18.1. The average Bonchev–Trinajstić information content (AvgIpc) is 2.75. The summed E-state index contributed by atoms with van der Waals surface area (Å²) < 4.78 is 0. The molecule has 1 unspecified atom stereocenters. The van der Waals surface area contributed by atoms with Crippen LogP contribution < -0.4 is 16.0 Å². The first-order valence-electron chi connectivity index (χ1n) is 16.3. The third kappa shape index (κ3) is 7.44. The van der Waals surface area contributed by atoms with Crippen molar-refractivity contribution in [1.82, 2.24) is 31.1 Å². The highest BCUT2D eigenvalue weighted by atomic mass is 16.4. The van der Waals surface area contributed by atoms with Crippen molar-refractivity contribution in [2.45, 2.75) is 173 Å². The summed E-state index contributed by atoms with van der Waals surface area (Å²) in [7, 11) is 0. The van der Waals surface area contributed by atoms with Gasteiger partial charge in [0.1, 0.15) is 5.70 Å². The summed E-state index contributed by atoms with van der Waals surface area (Å²) in [5.41, 5.74) is -2.49. The van der Waals surface area contributed by atoms with Gasteiger partial charge in [-0.1, -0.05) is 0 Å². The van der Waals surface area contributed by atoms with Gasteiger partial charge >= 0.3 is 18.0 Å². The molecule has 3 saturated heterocycles. The maximum absolute atomic E-state index is 13.6. The van der Waals surface area contributed by atoms with E-state index in [2.05, 4.69) is 43.6 Å². The summed E-state index contributed by atoms with van der Waals surface area (Å²) in [5, 5.41) is 48.0. The third-order valence-electron chi connectivity index (χ3n) is 9.78. The van der Waals surface area contributed by atoms with Crippen LogP contribution in [0.4, 0.5) is 4.79 Å². The van der Waals surface area contributed by atoms with Crippen molar-refractivity contribution in [2.75, 3.05) is 0 Å². The maximum atomic E-state index is 13.6. The maximum Gasteiger partial charge on any atom is 0.441 e. The molecule has 0 radical (unpaired) electrons. The van der Waals surface area contributed by atoms with E-state index in [1.165, 1.54) is 10.0 Å². The molecular formula is C33H58N6O6. The zero-order chi connectivity index (χ0) is 34.3. The normalized spacial score (nSPS) is 30.3. The number of carboxylic acids is 2. The number of nitrogens with one attached hydrogen (secondary N) is 3. The van der Waals surface area contributed by atoms with Crippen LogP contribution in [0.5, 0.6) is 0 Å². The third-order valence-corrected chi connectivity index (χ3v) is 9.78. The largest absolute Gasteiger partial charge is 0.480 e. The quantitative estimate of drug-likeness (QED) is 0.255. The molecule has 0 spiro atoms. The number of hydrogen-bond donors (Lipinski definition) is 6. The van der Waals surface area contributed by atoms with Crippen LogP contribution in [0.15, 0.2) is 11.3 Å². The first-order valence-corrected chi connectivity index (χ1v) is 16.3. The van der Waals surface area contributed by atoms with Crippen LogP contribution in [0.2, 0.25) is 0 Å². The first kappa shape index (κ1) is 35.4. The number of hydrogen-bond acceptors (Lipinski definition) is 8. The molecule has 0 aliphatic carbocycles. The lowest BCUT2D eigenvalue weighted by atomic mass is 9.70. The minimum atomic E-state index is -1.48. The van der Waals surface area contributed by atoms with Gasteiger partial charge in [0.2, 0.25) is 0 Å². The van der Waals surface area contributed by atoms with Crippen LogP contribution in [0.25, 0.3) is 0 Å². The Morgan fingerprint density at radius 1 is 0.600 bits per heavy atom. The second-order valence-corrected chi connectivity index (χ2v) is 18.1. The topological polar surface area (TPSA) is 158 Å². The molecule has 1 amide bonds. The number of nitrogens with zero attached hydrogens (tertiary/aromatic N) is 3. The van der Waals surface area contributed by atoms with Gasteiger partial charge in [-0.3, -0.25) is 9.80 Å². The molecule has 4 heterocycles. The molecule has 12 heteroatoms. The highest BCUT2D eigenvalue weighted by molar-refractivity contribution is 5.91. The zero-order valence-corrected chi connectivity index (χ0v) is 29.5. The molecule has 4 rings (SSSR count). The molecule has 1 atom stereocenters. The number of piperidine rings is 3. The number of carboxylic acid groups (broad SMARTS) is 3. The van der Waals surface area contributed by atoms with Gasteiger partial charge in [-0.2, -0.15) is 5.01 Å². The average molecular weight is 635 g/mol. The second kappa shape index (κ2) is 11.1. The lowest BCUT2D eigenvalue weighted by molar-refractivity contribution is -0.226. The van der Waals surface area contributed by atoms with E-state index < -0.39 is 75.3 Å². The number of carbonyl (C=O) groups is 3. The van der Waals surface area contributed by atoms with E-state index in [0.29, 0.717) is 44.1 Å². The van der Waals surface area contributed by atoms with E-state index in [1.54, 1.807) is 0 Å². The fourth-order valence-electron chi connectivity index (χ4n) is 9.94.